The van der Waals surface area contributed by atoms with Crippen LogP contribution in [0.2, 0.25) is 0 Å². The highest BCUT2D eigenvalue weighted by molar-refractivity contribution is 5.59. The fourth-order valence-electron chi connectivity index (χ4n) is 0.948. The largest absolute Gasteiger partial charge is 0.241 e. The molecule has 0 saturated heterocycles. The first kappa shape index (κ1) is 5.86. The van der Waals surface area contributed by atoms with Crippen molar-refractivity contribution >= 4 is 5.52 Å². The summed E-state index contributed by atoms with van der Waals surface area (Å²) in [4.78, 5) is 3.81. The fraction of sp³-hybridized carbons (Fsp3) is 0. The van der Waals surface area contributed by atoms with Crippen LogP contribution in [0.5, 0.6) is 0 Å². The summed E-state index contributed by atoms with van der Waals surface area (Å²) in [6, 6.07) is 3.76. The Morgan fingerprint density at radius 1 is 1.55 bits per heavy atom. The number of rotatable bonds is 0. The Kier molecular flexibility index (Phi) is 1.10. The van der Waals surface area contributed by atoms with Gasteiger partial charge in [0.2, 0.25) is 0 Å². The van der Waals surface area contributed by atoms with E-state index in [9.17, 15) is 0 Å². The molecule has 11 heavy (non-hydrogen) atoms. The second-order valence-electron chi connectivity index (χ2n) is 2.08. The zero-order chi connectivity index (χ0) is 7.68. The van der Waals surface area contributed by atoms with Gasteiger partial charge in [-0.05, 0) is 6.07 Å². The van der Waals surface area contributed by atoms with E-state index in [0.29, 0.717) is 5.56 Å². The molecule has 0 aliphatic rings. The molecule has 2 aromatic rings. The van der Waals surface area contributed by atoms with Crippen molar-refractivity contribution in [2.45, 2.75) is 0 Å². The number of nitrogens with zero attached hydrogens (tertiary/aromatic N) is 4. The van der Waals surface area contributed by atoms with Crippen molar-refractivity contribution in [3.63, 3.8) is 0 Å². The van der Waals surface area contributed by atoms with Crippen LogP contribution in [0.4, 0.5) is 0 Å². The van der Waals surface area contributed by atoms with Crippen LogP contribution in [0.1, 0.15) is 5.56 Å². The summed E-state index contributed by atoms with van der Waals surface area (Å²) < 4.78 is 1.62. The van der Waals surface area contributed by atoms with Gasteiger partial charge in [0.1, 0.15) is 17.9 Å². The maximum absolute atomic E-state index is 8.61. The lowest BCUT2D eigenvalue weighted by Gasteiger charge is -1.88. The number of aromatic nitrogens is 3. The number of nitriles is 1. The molecule has 0 unspecified atom stereocenters. The highest BCUT2D eigenvalue weighted by Gasteiger charge is 1.99. The van der Waals surface area contributed by atoms with Gasteiger partial charge in [-0.2, -0.15) is 10.4 Å². The van der Waals surface area contributed by atoms with Gasteiger partial charge in [-0.15, -0.1) is 0 Å². The predicted molar refractivity (Wildman–Crippen MR) is 37.7 cm³/mol. The summed E-state index contributed by atoms with van der Waals surface area (Å²) in [7, 11) is 0. The third kappa shape index (κ3) is 0.749. The number of fused-ring (bicyclic) bond motifs is 1. The zero-order valence-electron chi connectivity index (χ0n) is 5.60. The second kappa shape index (κ2) is 2.06. The van der Waals surface area contributed by atoms with Gasteiger partial charge in [-0.1, -0.05) is 0 Å². The molecule has 0 aliphatic heterocycles. The molecule has 4 heteroatoms. The van der Waals surface area contributed by atoms with Gasteiger partial charge in [0, 0.05) is 6.20 Å². The van der Waals surface area contributed by atoms with Gasteiger partial charge in [-0.25, -0.2) is 9.50 Å². The van der Waals surface area contributed by atoms with Crippen molar-refractivity contribution in [3.8, 4) is 6.07 Å². The molecule has 0 bridgehead atoms. The van der Waals surface area contributed by atoms with Crippen molar-refractivity contribution in [3.05, 3.63) is 30.4 Å². The van der Waals surface area contributed by atoms with E-state index in [4.69, 9.17) is 5.26 Å². The molecule has 0 N–H and O–H groups in total. The molecule has 0 amide bonds. The average molecular weight is 144 g/mol. The van der Waals surface area contributed by atoms with E-state index in [0.717, 1.165) is 5.52 Å². The van der Waals surface area contributed by atoms with Crippen LogP contribution >= 0.6 is 0 Å². The number of hydrogen-bond donors (Lipinski definition) is 0. The van der Waals surface area contributed by atoms with E-state index in [1.54, 1.807) is 23.0 Å². The molecule has 0 atom stereocenters. The first-order valence-electron chi connectivity index (χ1n) is 3.09. The zero-order valence-corrected chi connectivity index (χ0v) is 5.60. The minimum Gasteiger partial charge on any atom is -0.241 e. The summed E-state index contributed by atoms with van der Waals surface area (Å²) >= 11 is 0. The maximum atomic E-state index is 8.61. The second-order valence-corrected chi connectivity index (χ2v) is 2.08. The lowest BCUT2D eigenvalue weighted by atomic mass is 10.3. The quantitative estimate of drug-likeness (QED) is 0.544. The normalized spacial score (nSPS) is 9.73. The molecule has 0 fully saturated rings. The Labute approximate surface area is 62.7 Å². The topological polar surface area (TPSA) is 54.0 Å². The van der Waals surface area contributed by atoms with E-state index in [1.807, 2.05) is 6.07 Å². The van der Waals surface area contributed by atoms with Gasteiger partial charge in [-0.3, -0.25) is 0 Å². The molecule has 2 rings (SSSR count). The highest BCUT2D eigenvalue weighted by Crippen LogP contribution is 2.06. The van der Waals surface area contributed by atoms with E-state index in [1.165, 1.54) is 6.33 Å². The summed E-state index contributed by atoms with van der Waals surface area (Å²) in [5.41, 5.74) is 1.35. The first-order chi connectivity index (χ1) is 5.42. The van der Waals surface area contributed by atoms with Gasteiger partial charge >= 0.3 is 0 Å². The summed E-state index contributed by atoms with van der Waals surface area (Å²) in [6.07, 6.45) is 4.79. The molecule has 2 aromatic heterocycles. The monoisotopic (exact) mass is 144 g/mol. The van der Waals surface area contributed by atoms with Crippen molar-refractivity contribution in [1.82, 2.24) is 14.6 Å². The molecule has 2 heterocycles. The Hall–Kier alpha value is -1.89. The van der Waals surface area contributed by atoms with Crippen LogP contribution in [0, 0.1) is 11.3 Å². The van der Waals surface area contributed by atoms with Gasteiger partial charge in [0.25, 0.3) is 0 Å². The van der Waals surface area contributed by atoms with Crippen molar-refractivity contribution < 1.29 is 0 Å². The van der Waals surface area contributed by atoms with E-state index in [-0.39, 0.29) is 0 Å². The smallest absolute Gasteiger partial charge is 0.136 e. The molecule has 0 aromatic carbocycles. The average Bonchev–Trinajstić information content (AvgIpc) is 2.47. The summed E-state index contributed by atoms with van der Waals surface area (Å²) in [5.74, 6) is 0. The van der Waals surface area contributed by atoms with E-state index in [2.05, 4.69) is 10.1 Å². The Bertz CT molecular complexity index is 423. The summed E-state index contributed by atoms with van der Waals surface area (Å²) in [5, 5.41) is 12.5. The van der Waals surface area contributed by atoms with Crippen LogP contribution in [-0.4, -0.2) is 14.6 Å². The molecular weight excluding hydrogens is 140 g/mol. The van der Waals surface area contributed by atoms with E-state index < -0.39 is 0 Å². The van der Waals surface area contributed by atoms with E-state index >= 15 is 0 Å². The molecule has 0 saturated carbocycles. The molecule has 52 valence electrons. The molecular formula is C7H4N4. The Balaban J connectivity index is 2.89. The third-order valence-electron chi connectivity index (χ3n) is 1.47. The Morgan fingerprint density at radius 3 is 3.27 bits per heavy atom. The lowest BCUT2D eigenvalue weighted by Crippen LogP contribution is -1.89. The minimum atomic E-state index is 0.602. The fourth-order valence-corrected chi connectivity index (χ4v) is 0.948. The first-order valence-corrected chi connectivity index (χ1v) is 3.09. The molecule has 0 aliphatic carbocycles. The van der Waals surface area contributed by atoms with Crippen molar-refractivity contribution in [2.75, 3.05) is 0 Å². The van der Waals surface area contributed by atoms with Gasteiger partial charge in [0.15, 0.2) is 0 Å². The van der Waals surface area contributed by atoms with Crippen LogP contribution in [0.15, 0.2) is 24.8 Å². The Morgan fingerprint density at radius 2 is 2.45 bits per heavy atom. The minimum absolute atomic E-state index is 0.602. The van der Waals surface area contributed by atoms with Crippen molar-refractivity contribution in [2.24, 2.45) is 0 Å². The van der Waals surface area contributed by atoms with Crippen LogP contribution < -0.4 is 0 Å². The third-order valence-corrected chi connectivity index (χ3v) is 1.47. The molecule has 0 spiro atoms. The van der Waals surface area contributed by atoms with Gasteiger partial charge < -0.3 is 0 Å². The summed E-state index contributed by atoms with van der Waals surface area (Å²) in [6.45, 7) is 0. The standard InChI is InChI=1S/C7H4N4/c8-3-6-1-2-11-7(6)4-9-5-10-11/h1-2,4-5H. The highest BCUT2D eigenvalue weighted by atomic mass is 15.2. The number of hydrogen-bond acceptors (Lipinski definition) is 3. The molecule has 4 nitrogen and oxygen atoms in total. The predicted octanol–water partition coefficient (Wildman–Crippen LogP) is 0.601. The lowest BCUT2D eigenvalue weighted by molar-refractivity contribution is 0.903. The van der Waals surface area contributed by atoms with Gasteiger partial charge in [0.05, 0.1) is 11.8 Å². The maximum Gasteiger partial charge on any atom is 0.136 e. The van der Waals surface area contributed by atoms with Crippen LogP contribution in [0.25, 0.3) is 5.52 Å². The SMILES string of the molecule is N#Cc1ccn2ncncc12. The molecule has 0 radical (unpaired) electrons. The van der Waals surface area contributed by atoms with Crippen LogP contribution in [-0.2, 0) is 0 Å². The van der Waals surface area contributed by atoms with Crippen LogP contribution in [0.3, 0.4) is 0 Å². The van der Waals surface area contributed by atoms with Crippen molar-refractivity contribution in [1.29, 1.82) is 5.26 Å².